The highest BCUT2D eigenvalue weighted by molar-refractivity contribution is 9.10. The van der Waals surface area contributed by atoms with Crippen molar-refractivity contribution in [1.29, 1.82) is 0 Å². The van der Waals surface area contributed by atoms with Crippen molar-refractivity contribution in [3.05, 3.63) is 62.1 Å². The van der Waals surface area contributed by atoms with E-state index in [0.717, 1.165) is 4.47 Å². The highest BCUT2D eigenvalue weighted by Gasteiger charge is 2.18. The molecule has 0 saturated carbocycles. The van der Waals surface area contributed by atoms with Gasteiger partial charge in [0, 0.05) is 16.6 Å². The van der Waals surface area contributed by atoms with E-state index in [0.29, 0.717) is 5.75 Å². The van der Waals surface area contributed by atoms with Gasteiger partial charge in [0.1, 0.15) is 5.75 Å². The molecule has 0 fully saturated rings. The van der Waals surface area contributed by atoms with Crippen LogP contribution in [0.25, 0.3) is 0 Å². The zero-order valence-corrected chi connectivity index (χ0v) is 14.3. The second-order valence-corrected chi connectivity index (χ2v) is 5.95. The number of hydrogen-bond donors (Lipinski definition) is 1. The molecule has 0 aliphatic heterocycles. The van der Waals surface area contributed by atoms with Crippen LogP contribution in [0.15, 0.2) is 46.9 Å². The molecule has 1 atom stereocenters. The van der Waals surface area contributed by atoms with Crippen molar-refractivity contribution in [2.45, 2.75) is 13.0 Å². The molecule has 1 amide bonds. The molecule has 0 aliphatic carbocycles. The number of nitro groups is 1. The van der Waals surface area contributed by atoms with Gasteiger partial charge in [-0.2, -0.15) is 0 Å². The second-order valence-electron chi connectivity index (χ2n) is 4.62. The average molecular weight is 400 g/mol. The summed E-state index contributed by atoms with van der Waals surface area (Å²) in [7, 11) is 0. The Kier molecular flexibility index (Phi) is 5.57. The Balaban J connectivity index is 2.07. The minimum atomic E-state index is -0.800. The molecule has 1 unspecified atom stereocenters. The van der Waals surface area contributed by atoms with Gasteiger partial charge in [0.25, 0.3) is 11.6 Å². The predicted molar refractivity (Wildman–Crippen MR) is 91.0 cm³/mol. The molecular weight excluding hydrogens is 388 g/mol. The molecule has 0 saturated heterocycles. The number of halogens is 2. The van der Waals surface area contributed by atoms with Crippen molar-refractivity contribution >= 4 is 44.8 Å². The predicted octanol–water partition coefficient (Wildman–Crippen LogP) is 4.42. The summed E-state index contributed by atoms with van der Waals surface area (Å²) in [4.78, 5) is 22.4. The molecule has 23 heavy (non-hydrogen) atoms. The van der Waals surface area contributed by atoms with Crippen LogP contribution in [0.2, 0.25) is 5.02 Å². The van der Waals surface area contributed by atoms with Gasteiger partial charge < -0.3 is 10.1 Å². The van der Waals surface area contributed by atoms with Gasteiger partial charge in [-0.05, 0) is 37.3 Å². The highest BCUT2D eigenvalue weighted by atomic mass is 79.9. The van der Waals surface area contributed by atoms with Gasteiger partial charge >= 0.3 is 0 Å². The van der Waals surface area contributed by atoms with Gasteiger partial charge in [-0.3, -0.25) is 14.9 Å². The van der Waals surface area contributed by atoms with E-state index in [1.165, 1.54) is 18.2 Å². The SMILES string of the molecule is CC(Oc1ccc(Br)cc1)C(=O)Nc1cc([N+](=O)[O-])ccc1Cl. The van der Waals surface area contributed by atoms with Gasteiger partial charge in [-0.15, -0.1) is 0 Å². The lowest BCUT2D eigenvalue weighted by molar-refractivity contribution is -0.384. The van der Waals surface area contributed by atoms with Crippen LogP contribution in [0, 0.1) is 10.1 Å². The third-order valence-electron chi connectivity index (χ3n) is 2.91. The van der Waals surface area contributed by atoms with Crippen LogP contribution >= 0.6 is 27.5 Å². The molecule has 0 aromatic heterocycles. The second kappa shape index (κ2) is 7.43. The summed E-state index contributed by atoms with van der Waals surface area (Å²) in [5, 5.41) is 13.5. The third-order valence-corrected chi connectivity index (χ3v) is 3.77. The number of benzene rings is 2. The van der Waals surface area contributed by atoms with Crippen molar-refractivity contribution < 1.29 is 14.5 Å². The lowest BCUT2D eigenvalue weighted by Crippen LogP contribution is -2.30. The summed E-state index contributed by atoms with van der Waals surface area (Å²) < 4.78 is 6.40. The first-order valence-corrected chi connectivity index (χ1v) is 7.71. The van der Waals surface area contributed by atoms with E-state index in [-0.39, 0.29) is 16.4 Å². The smallest absolute Gasteiger partial charge is 0.271 e. The summed E-state index contributed by atoms with van der Waals surface area (Å²) in [5.41, 5.74) is 0.00306. The normalized spacial score (nSPS) is 11.6. The monoisotopic (exact) mass is 398 g/mol. The molecule has 2 aromatic carbocycles. The Labute approximate surface area is 145 Å². The maximum Gasteiger partial charge on any atom is 0.271 e. The van der Waals surface area contributed by atoms with Crippen LogP contribution in [0.3, 0.4) is 0 Å². The Bertz CT molecular complexity index is 737. The molecule has 6 nitrogen and oxygen atoms in total. The summed E-state index contributed by atoms with van der Waals surface area (Å²) in [6.07, 6.45) is -0.800. The zero-order valence-electron chi connectivity index (χ0n) is 12.0. The number of hydrogen-bond acceptors (Lipinski definition) is 4. The first-order chi connectivity index (χ1) is 10.9. The van der Waals surface area contributed by atoms with Crippen molar-refractivity contribution in [3.63, 3.8) is 0 Å². The number of amides is 1. The zero-order chi connectivity index (χ0) is 17.0. The Morgan fingerprint density at radius 3 is 2.57 bits per heavy atom. The fourth-order valence-electron chi connectivity index (χ4n) is 1.73. The Morgan fingerprint density at radius 1 is 1.30 bits per heavy atom. The van der Waals surface area contributed by atoms with E-state index in [9.17, 15) is 14.9 Å². The highest BCUT2D eigenvalue weighted by Crippen LogP contribution is 2.27. The summed E-state index contributed by atoms with van der Waals surface area (Å²) in [6.45, 7) is 1.57. The minimum absolute atomic E-state index is 0.161. The number of anilines is 1. The number of nitrogens with one attached hydrogen (secondary N) is 1. The van der Waals surface area contributed by atoms with Crippen molar-refractivity contribution in [1.82, 2.24) is 0 Å². The molecule has 8 heteroatoms. The molecule has 0 bridgehead atoms. The number of carbonyl (C=O) groups is 1. The molecule has 0 spiro atoms. The van der Waals surface area contributed by atoms with Gasteiger partial charge in [0.15, 0.2) is 6.10 Å². The van der Waals surface area contributed by atoms with Crippen molar-refractivity contribution in [2.24, 2.45) is 0 Å². The maximum absolute atomic E-state index is 12.1. The van der Waals surface area contributed by atoms with E-state index in [2.05, 4.69) is 21.2 Å². The molecular formula is C15H12BrClN2O4. The van der Waals surface area contributed by atoms with Gasteiger partial charge in [0.05, 0.1) is 15.6 Å². The number of rotatable bonds is 5. The Morgan fingerprint density at radius 2 is 1.96 bits per heavy atom. The average Bonchev–Trinajstić information content (AvgIpc) is 2.51. The molecule has 1 N–H and O–H groups in total. The standard InChI is InChI=1S/C15H12BrClN2O4/c1-9(23-12-5-2-10(16)3-6-12)15(20)18-14-8-11(19(21)22)4-7-13(14)17/h2-9H,1H3,(H,18,20). The number of non-ortho nitro benzene ring substituents is 1. The third kappa shape index (κ3) is 4.67. The maximum atomic E-state index is 12.1. The Hall–Kier alpha value is -2.12. The largest absolute Gasteiger partial charge is 0.481 e. The quantitative estimate of drug-likeness (QED) is 0.596. The van der Waals surface area contributed by atoms with Crippen LogP contribution < -0.4 is 10.1 Å². The first-order valence-electron chi connectivity index (χ1n) is 6.54. The van der Waals surface area contributed by atoms with Crippen molar-refractivity contribution in [3.8, 4) is 5.75 Å². The van der Waals surface area contributed by atoms with Crippen LogP contribution in [-0.2, 0) is 4.79 Å². The molecule has 0 radical (unpaired) electrons. The topological polar surface area (TPSA) is 81.5 Å². The van der Waals surface area contributed by atoms with E-state index in [4.69, 9.17) is 16.3 Å². The lowest BCUT2D eigenvalue weighted by Gasteiger charge is -2.15. The van der Waals surface area contributed by atoms with E-state index < -0.39 is 16.9 Å². The van der Waals surface area contributed by atoms with Gasteiger partial charge in [-0.1, -0.05) is 27.5 Å². The minimum Gasteiger partial charge on any atom is -0.481 e. The number of ether oxygens (including phenoxy) is 1. The molecule has 0 heterocycles. The summed E-state index contributed by atoms with van der Waals surface area (Å²) in [5.74, 6) is 0.0660. The molecule has 2 aromatic rings. The number of nitro benzene ring substituents is 1. The van der Waals surface area contributed by atoms with Crippen LogP contribution in [-0.4, -0.2) is 16.9 Å². The number of nitrogens with zero attached hydrogens (tertiary/aromatic N) is 1. The summed E-state index contributed by atoms with van der Waals surface area (Å²) >= 11 is 9.25. The summed E-state index contributed by atoms with van der Waals surface area (Å²) in [6, 6.07) is 10.8. The molecule has 2 rings (SSSR count). The van der Waals surface area contributed by atoms with E-state index >= 15 is 0 Å². The van der Waals surface area contributed by atoms with Crippen molar-refractivity contribution in [2.75, 3.05) is 5.32 Å². The van der Waals surface area contributed by atoms with E-state index in [1.54, 1.807) is 31.2 Å². The van der Waals surface area contributed by atoms with Gasteiger partial charge in [0.2, 0.25) is 0 Å². The first kappa shape index (κ1) is 17.2. The van der Waals surface area contributed by atoms with Crippen LogP contribution in [0.4, 0.5) is 11.4 Å². The fraction of sp³-hybridized carbons (Fsp3) is 0.133. The number of carbonyl (C=O) groups excluding carboxylic acids is 1. The molecule has 120 valence electrons. The van der Waals surface area contributed by atoms with Crippen LogP contribution in [0.1, 0.15) is 6.92 Å². The lowest BCUT2D eigenvalue weighted by atomic mass is 10.2. The van der Waals surface area contributed by atoms with Gasteiger partial charge in [-0.25, -0.2) is 0 Å². The van der Waals surface area contributed by atoms with E-state index in [1.807, 2.05) is 0 Å². The van der Waals surface area contributed by atoms with Crippen LogP contribution in [0.5, 0.6) is 5.75 Å². The fourth-order valence-corrected chi connectivity index (χ4v) is 2.16. The molecule has 0 aliphatic rings.